The van der Waals surface area contributed by atoms with E-state index in [1.807, 2.05) is 6.07 Å². The molecule has 6 nitrogen and oxygen atoms in total. The van der Waals surface area contributed by atoms with Gasteiger partial charge >= 0.3 is 12.1 Å². The van der Waals surface area contributed by atoms with Gasteiger partial charge in [0.2, 0.25) is 6.10 Å². The van der Waals surface area contributed by atoms with Crippen LogP contribution in [0.4, 0.5) is 4.79 Å². The van der Waals surface area contributed by atoms with Gasteiger partial charge in [-0.25, -0.2) is 4.79 Å². The lowest BCUT2D eigenvalue weighted by Crippen LogP contribution is -2.23. The standard InChI is InChI=1S/C10H9N3O3/c11-9(15)13-10-12-8(14)7(16-10)6-4-2-1-3-5-6/h1-5,7H,(H3,11,12,13,14,15). The zero-order valence-corrected chi connectivity index (χ0v) is 8.21. The molecular weight excluding hydrogens is 210 g/mol. The first-order valence-corrected chi connectivity index (χ1v) is 4.57. The quantitative estimate of drug-likeness (QED) is 0.711. The summed E-state index contributed by atoms with van der Waals surface area (Å²) in [6.45, 7) is 0. The van der Waals surface area contributed by atoms with E-state index < -0.39 is 12.1 Å². The maximum atomic E-state index is 11.5. The fourth-order valence-electron chi connectivity index (χ4n) is 1.37. The van der Waals surface area contributed by atoms with Gasteiger partial charge in [-0.3, -0.25) is 10.1 Å². The molecule has 3 N–H and O–H groups in total. The number of nitrogens with two attached hydrogens (primary N) is 1. The van der Waals surface area contributed by atoms with Crippen molar-refractivity contribution in [2.45, 2.75) is 6.10 Å². The molecule has 1 aliphatic heterocycles. The van der Waals surface area contributed by atoms with Crippen LogP contribution in [0.1, 0.15) is 11.7 Å². The van der Waals surface area contributed by atoms with Crippen LogP contribution in [0.25, 0.3) is 0 Å². The van der Waals surface area contributed by atoms with Gasteiger partial charge in [0, 0.05) is 5.56 Å². The van der Waals surface area contributed by atoms with Crippen LogP contribution in [-0.2, 0) is 9.53 Å². The number of rotatable bonds is 1. The number of carbonyl (C=O) groups is 2. The summed E-state index contributed by atoms with van der Waals surface area (Å²) in [4.78, 5) is 25.3. The van der Waals surface area contributed by atoms with E-state index >= 15 is 0 Å². The molecule has 1 atom stereocenters. The van der Waals surface area contributed by atoms with Crippen molar-refractivity contribution in [3.8, 4) is 0 Å². The number of amides is 3. The van der Waals surface area contributed by atoms with Gasteiger partial charge in [0.25, 0.3) is 5.91 Å². The van der Waals surface area contributed by atoms with Gasteiger partial charge in [-0.15, -0.1) is 4.99 Å². The molecule has 2 rings (SSSR count). The monoisotopic (exact) mass is 219 g/mol. The SMILES string of the molecule is NC(=O)N=C1NC(=O)C(c2ccccc2)O1. The van der Waals surface area contributed by atoms with Crippen LogP contribution < -0.4 is 11.1 Å². The minimum atomic E-state index is -0.913. The zero-order chi connectivity index (χ0) is 11.5. The highest BCUT2D eigenvalue weighted by Gasteiger charge is 2.32. The number of hydrogen-bond acceptors (Lipinski definition) is 3. The van der Waals surface area contributed by atoms with Crippen LogP contribution in [0.5, 0.6) is 0 Å². The van der Waals surface area contributed by atoms with Crippen LogP contribution in [0.3, 0.4) is 0 Å². The third-order valence-electron chi connectivity index (χ3n) is 2.01. The van der Waals surface area contributed by atoms with Crippen molar-refractivity contribution in [3.63, 3.8) is 0 Å². The number of nitrogens with one attached hydrogen (secondary N) is 1. The molecule has 0 saturated carbocycles. The van der Waals surface area contributed by atoms with Crippen molar-refractivity contribution in [3.05, 3.63) is 35.9 Å². The second-order valence-corrected chi connectivity index (χ2v) is 3.15. The second kappa shape index (κ2) is 4.01. The Morgan fingerprint density at radius 1 is 1.38 bits per heavy atom. The van der Waals surface area contributed by atoms with Crippen molar-refractivity contribution in [2.24, 2.45) is 10.7 Å². The van der Waals surface area contributed by atoms with E-state index in [-0.39, 0.29) is 11.9 Å². The third-order valence-corrected chi connectivity index (χ3v) is 2.01. The molecule has 3 amide bonds. The molecule has 6 heteroatoms. The number of nitrogens with zero attached hydrogens (tertiary/aromatic N) is 1. The number of benzene rings is 1. The Balaban J connectivity index is 2.21. The Hall–Kier alpha value is -2.37. The fourth-order valence-corrected chi connectivity index (χ4v) is 1.37. The van der Waals surface area contributed by atoms with Crippen LogP contribution in [0.15, 0.2) is 35.3 Å². The summed E-state index contributed by atoms with van der Waals surface area (Å²) >= 11 is 0. The van der Waals surface area contributed by atoms with Crippen molar-refractivity contribution < 1.29 is 14.3 Å². The normalized spacial score (nSPS) is 21.6. The highest BCUT2D eigenvalue weighted by molar-refractivity contribution is 6.05. The van der Waals surface area contributed by atoms with Gasteiger partial charge in [0.05, 0.1) is 0 Å². The molecular formula is C10H9N3O3. The van der Waals surface area contributed by atoms with Crippen molar-refractivity contribution in [1.82, 2.24) is 5.32 Å². The molecule has 0 spiro atoms. The molecule has 16 heavy (non-hydrogen) atoms. The summed E-state index contributed by atoms with van der Waals surface area (Å²) in [6.07, 6.45) is -0.778. The summed E-state index contributed by atoms with van der Waals surface area (Å²) in [5.41, 5.74) is 5.53. The largest absolute Gasteiger partial charge is 0.446 e. The van der Waals surface area contributed by atoms with Gasteiger partial charge < -0.3 is 10.5 Å². The number of hydrogen-bond donors (Lipinski definition) is 2. The Morgan fingerprint density at radius 3 is 2.69 bits per heavy atom. The molecule has 1 fully saturated rings. The third kappa shape index (κ3) is 2.00. The lowest BCUT2D eigenvalue weighted by molar-refractivity contribution is -0.123. The number of amidine groups is 1. The highest BCUT2D eigenvalue weighted by Crippen LogP contribution is 2.21. The van der Waals surface area contributed by atoms with Gasteiger partial charge in [-0.2, -0.15) is 0 Å². The van der Waals surface area contributed by atoms with Gasteiger partial charge in [-0.1, -0.05) is 30.3 Å². The van der Waals surface area contributed by atoms with Gasteiger partial charge in [0.1, 0.15) is 0 Å². The van der Waals surface area contributed by atoms with Gasteiger partial charge in [-0.05, 0) is 0 Å². The number of urea groups is 1. The number of aliphatic imine (C=N–C) groups is 1. The zero-order valence-electron chi connectivity index (χ0n) is 8.21. The summed E-state index contributed by atoms with van der Waals surface area (Å²) in [5.74, 6) is -0.369. The molecule has 0 aliphatic carbocycles. The molecule has 1 aromatic rings. The lowest BCUT2D eigenvalue weighted by atomic mass is 10.1. The topological polar surface area (TPSA) is 93.8 Å². The molecule has 82 valence electrons. The van der Waals surface area contributed by atoms with Crippen LogP contribution >= 0.6 is 0 Å². The lowest BCUT2D eigenvalue weighted by Gasteiger charge is -2.05. The molecule has 1 aliphatic rings. The molecule has 0 bridgehead atoms. The number of ether oxygens (including phenoxy) is 1. The van der Waals surface area contributed by atoms with Gasteiger partial charge in [0.15, 0.2) is 0 Å². The van der Waals surface area contributed by atoms with Crippen LogP contribution in [0, 0.1) is 0 Å². The first-order valence-electron chi connectivity index (χ1n) is 4.57. The molecule has 0 aromatic heterocycles. The Bertz CT molecular complexity index is 456. The first kappa shape index (κ1) is 10.2. The Kier molecular flexibility index (Phi) is 2.55. The van der Waals surface area contributed by atoms with E-state index in [1.54, 1.807) is 24.3 Å². The second-order valence-electron chi connectivity index (χ2n) is 3.15. The van der Waals surface area contributed by atoms with Crippen LogP contribution in [0.2, 0.25) is 0 Å². The predicted octanol–water partition coefficient (Wildman–Crippen LogP) is 0.309. The maximum Gasteiger partial charge on any atom is 0.342 e. The minimum Gasteiger partial charge on any atom is -0.446 e. The van der Waals surface area contributed by atoms with E-state index in [0.717, 1.165) is 0 Å². The Morgan fingerprint density at radius 2 is 2.06 bits per heavy atom. The van der Waals surface area contributed by atoms with Crippen molar-refractivity contribution in [2.75, 3.05) is 0 Å². The summed E-state index contributed by atoms with van der Waals surface area (Å²) in [7, 11) is 0. The van der Waals surface area contributed by atoms with Crippen molar-refractivity contribution in [1.29, 1.82) is 0 Å². The summed E-state index contributed by atoms with van der Waals surface area (Å²) in [6, 6.07) is 7.82. The van der Waals surface area contributed by atoms with E-state index in [9.17, 15) is 9.59 Å². The average molecular weight is 219 g/mol. The highest BCUT2D eigenvalue weighted by atomic mass is 16.5. The molecule has 1 heterocycles. The fraction of sp³-hybridized carbons (Fsp3) is 0.100. The Labute approximate surface area is 91.1 Å². The molecule has 0 radical (unpaired) electrons. The number of carbonyl (C=O) groups excluding carboxylic acids is 2. The van der Waals surface area contributed by atoms with E-state index in [4.69, 9.17) is 10.5 Å². The van der Waals surface area contributed by atoms with Crippen LogP contribution in [-0.4, -0.2) is 18.0 Å². The molecule has 1 aromatic carbocycles. The van der Waals surface area contributed by atoms with E-state index in [2.05, 4.69) is 10.3 Å². The maximum absolute atomic E-state index is 11.5. The average Bonchev–Trinajstić information content (AvgIpc) is 2.60. The number of primary amides is 1. The minimum absolute atomic E-state index is 0.161. The predicted molar refractivity (Wildman–Crippen MR) is 55.4 cm³/mol. The van der Waals surface area contributed by atoms with E-state index in [0.29, 0.717) is 5.56 Å². The van der Waals surface area contributed by atoms with Crippen molar-refractivity contribution >= 4 is 18.0 Å². The van der Waals surface area contributed by atoms with E-state index in [1.165, 1.54) is 0 Å². The first-order chi connectivity index (χ1) is 7.66. The summed E-state index contributed by atoms with van der Waals surface area (Å²) in [5, 5.41) is 2.32. The smallest absolute Gasteiger partial charge is 0.342 e. The molecule has 1 unspecified atom stereocenters. The molecule has 1 saturated heterocycles. The summed E-state index contributed by atoms with van der Waals surface area (Å²) < 4.78 is 5.16.